The Morgan fingerprint density at radius 3 is 2.58 bits per heavy atom. The Morgan fingerprint density at radius 2 is 1.95 bits per heavy atom. The van der Waals surface area contributed by atoms with Crippen LogP contribution in [-0.2, 0) is 4.79 Å². The Labute approximate surface area is 116 Å². The molecule has 19 heavy (non-hydrogen) atoms. The van der Waals surface area contributed by atoms with Gasteiger partial charge in [-0.25, -0.2) is 0 Å². The summed E-state index contributed by atoms with van der Waals surface area (Å²) in [5.74, 6) is 0.0989. The molecule has 3 heteroatoms. The Kier molecular flexibility index (Phi) is 6.03. The van der Waals surface area contributed by atoms with Gasteiger partial charge in [0.1, 0.15) is 0 Å². The van der Waals surface area contributed by atoms with Gasteiger partial charge in [0, 0.05) is 12.5 Å². The number of hydrogen-bond acceptors (Lipinski definition) is 2. The van der Waals surface area contributed by atoms with Gasteiger partial charge in [0.2, 0.25) is 5.91 Å². The van der Waals surface area contributed by atoms with Crippen molar-refractivity contribution in [2.24, 2.45) is 0 Å². The second kappa shape index (κ2) is 7.29. The second-order valence-corrected chi connectivity index (χ2v) is 5.31. The Bertz CT molecular complexity index is 429. The molecule has 0 bridgehead atoms. The number of amides is 1. The molecule has 0 saturated heterocycles. The monoisotopic (exact) mass is 262 g/mol. The molecule has 0 spiro atoms. The first-order valence-corrected chi connectivity index (χ1v) is 7.04. The molecule has 0 aliphatic carbocycles. The molecule has 0 heterocycles. The average Bonchev–Trinajstić information content (AvgIpc) is 2.32. The first-order valence-electron chi connectivity index (χ1n) is 7.04. The first-order chi connectivity index (χ1) is 8.93. The van der Waals surface area contributed by atoms with Crippen LogP contribution >= 0.6 is 0 Å². The number of hydrogen-bond donors (Lipinski definition) is 2. The fourth-order valence-electron chi connectivity index (χ4n) is 2.30. The van der Waals surface area contributed by atoms with E-state index in [1.54, 1.807) is 0 Å². The lowest BCUT2D eigenvalue weighted by atomic mass is 10.00. The maximum Gasteiger partial charge on any atom is 0.222 e. The molecule has 1 amide bonds. The van der Waals surface area contributed by atoms with Gasteiger partial charge in [0.05, 0.1) is 6.04 Å². The van der Waals surface area contributed by atoms with Gasteiger partial charge < -0.3 is 10.6 Å². The van der Waals surface area contributed by atoms with Crippen molar-refractivity contribution in [3.63, 3.8) is 0 Å². The maximum atomic E-state index is 12.0. The summed E-state index contributed by atoms with van der Waals surface area (Å²) < 4.78 is 0. The van der Waals surface area contributed by atoms with Gasteiger partial charge in [0.15, 0.2) is 0 Å². The van der Waals surface area contributed by atoms with Crippen molar-refractivity contribution < 1.29 is 4.79 Å². The quantitative estimate of drug-likeness (QED) is 0.827. The molecule has 1 aromatic rings. The smallest absolute Gasteiger partial charge is 0.222 e. The Hall–Kier alpha value is -1.35. The van der Waals surface area contributed by atoms with Crippen molar-refractivity contribution in [2.75, 3.05) is 6.54 Å². The van der Waals surface area contributed by atoms with Crippen molar-refractivity contribution in [3.05, 3.63) is 34.9 Å². The van der Waals surface area contributed by atoms with Crippen molar-refractivity contribution in [2.45, 2.75) is 53.1 Å². The van der Waals surface area contributed by atoms with E-state index in [0.717, 1.165) is 6.54 Å². The highest BCUT2D eigenvalue weighted by Gasteiger charge is 2.13. The van der Waals surface area contributed by atoms with E-state index in [0.29, 0.717) is 6.42 Å². The minimum atomic E-state index is 0.0567. The molecule has 2 N–H and O–H groups in total. The molecule has 1 aromatic carbocycles. The second-order valence-electron chi connectivity index (χ2n) is 5.31. The molecule has 1 rings (SSSR count). The summed E-state index contributed by atoms with van der Waals surface area (Å²) >= 11 is 0. The summed E-state index contributed by atoms with van der Waals surface area (Å²) in [6.07, 6.45) is 0.517. The van der Waals surface area contributed by atoms with Crippen LogP contribution in [0.2, 0.25) is 0 Å². The zero-order valence-corrected chi connectivity index (χ0v) is 12.7. The molecule has 106 valence electrons. The zero-order valence-electron chi connectivity index (χ0n) is 12.7. The fourth-order valence-corrected chi connectivity index (χ4v) is 2.30. The predicted molar refractivity (Wildman–Crippen MR) is 80.2 cm³/mol. The summed E-state index contributed by atoms with van der Waals surface area (Å²) in [5, 5.41) is 6.32. The van der Waals surface area contributed by atoms with Crippen molar-refractivity contribution in [1.82, 2.24) is 10.6 Å². The zero-order chi connectivity index (χ0) is 14.4. The van der Waals surface area contributed by atoms with Crippen LogP contribution < -0.4 is 10.6 Å². The predicted octanol–water partition coefficient (Wildman–Crippen LogP) is 2.87. The SMILES string of the molecule is CCNC(C)CC(=O)NC(C)c1cc(C)ccc1C. The number of carbonyl (C=O) groups is 1. The lowest BCUT2D eigenvalue weighted by Gasteiger charge is -2.19. The van der Waals surface area contributed by atoms with E-state index in [4.69, 9.17) is 0 Å². The minimum absolute atomic E-state index is 0.0567. The molecule has 0 saturated carbocycles. The molecule has 2 atom stereocenters. The number of nitrogens with one attached hydrogen (secondary N) is 2. The fraction of sp³-hybridized carbons (Fsp3) is 0.562. The van der Waals surface area contributed by atoms with Crippen molar-refractivity contribution in [1.29, 1.82) is 0 Å². The maximum absolute atomic E-state index is 12.0. The van der Waals surface area contributed by atoms with E-state index in [9.17, 15) is 4.79 Å². The third-order valence-electron chi connectivity index (χ3n) is 3.32. The highest BCUT2D eigenvalue weighted by molar-refractivity contribution is 5.77. The molecular weight excluding hydrogens is 236 g/mol. The molecule has 0 fully saturated rings. The van der Waals surface area contributed by atoms with Gasteiger partial charge in [-0.15, -0.1) is 0 Å². The van der Waals surface area contributed by atoms with Crippen LogP contribution in [0.3, 0.4) is 0 Å². The highest BCUT2D eigenvalue weighted by atomic mass is 16.1. The largest absolute Gasteiger partial charge is 0.350 e. The normalized spacial score (nSPS) is 13.9. The van der Waals surface area contributed by atoms with Crippen LogP contribution in [0.5, 0.6) is 0 Å². The van der Waals surface area contributed by atoms with E-state index in [2.05, 4.69) is 42.7 Å². The summed E-state index contributed by atoms with van der Waals surface area (Å²) in [7, 11) is 0. The summed E-state index contributed by atoms with van der Waals surface area (Å²) in [6.45, 7) is 11.2. The van der Waals surface area contributed by atoms with Crippen LogP contribution in [0.15, 0.2) is 18.2 Å². The number of benzene rings is 1. The molecule has 0 aliphatic rings. The molecule has 3 nitrogen and oxygen atoms in total. The standard InChI is InChI=1S/C16H26N2O/c1-6-17-13(4)10-16(19)18-14(5)15-9-11(2)7-8-12(15)3/h7-9,13-14,17H,6,10H2,1-5H3,(H,18,19). The van der Waals surface area contributed by atoms with E-state index in [1.165, 1.54) is 16.7 Å². The van der Waals surface area contributed by atoms with E-state index >= 15 is 0 Å². The number of rotatable bonds is 6. The summed E-state index contributed by atoms with van der Waals surface area (Å²) in [5.41, 5.74) is 3.64. The molecule has 0 radical (unpaired) electrons. The first kappa shape index (κ1) is 15.7. The van der Waals surface area contributed by atoms with Crippen LogP contribution in [0.1, 0.15) is 49.9 Å². The topological polar surface area (TPSA) is 41.1 Å². The minimum Gasteiger partial charge on any atom is -0.350 e. The van der Waals surface area contributed by atoms with E-state index < -0.39 is 0 Å². The number of carbonyl (C=O) groups excluding carboxylic acids is 1. The van der Waals surface area contributed by atoms with Gasteiger partial charge in [-0.3, -0.25) is 4.79 Å². The van der Waals surface area contributed by atoms with Crippen molar-refractivity contribution in [3.8, 4) is 0 Å². The van der Waals surface area contributed by atoms with E-state index in [-0.39, 0.29) is 18.0 Å². The van der Waals surface area contributed by atoms with Gasteiger partial charge in [-0.2, -0.15) is 0 Å². The molecule has 0 aromatic heterocycles. The molecular formula is C16H26N2O. The third-order valence-corrected chi connectivity index (χ3v) is 3.32. The van der Waals surface area contributed by atoms with Crippen LogP contribution in [-0.4, -0.2) is 18.5 Å². The van der Waals surface area contributed by atoms with Gasteiger partial charge >= 0.3 is 0 Å². The Morgan fingerprint density at radius 1 is 1.26 bits per heavy atom. The van der Waals surface area contributed by atoms with Crippen LogP contribution in [0.4, 0.5) is 0 Å². The van der Waals surface area contributed by atoms with Crippen LogP contribution in [0, 0.1) is 13.8 Å². The third kappa shape index (κ3) is 5.03. The summed E-state index contributed by atoms with van der Waals surface area (Å²) in [4.78, 5) is 12.0. The van der Waals surface area contributed by atoms with Gasteiger partial charge in [0.25, 0.3) is 0 Å². The van der Waals surface area contributed by atoms with Gasteiger partial charge in [-0.05, 0) is 45.4 Å². The lowest BCUT2D eigenvalue weighted by Crippen LogP contribution is -2.34. The van der Waals surface area contributed by atoms with Crippen molar-refractivity contribution >= 4 is 5.91 Å². The molecule has 0 aliphatic heterocycles. The van der Waals surface area contributed by atoms with Crippen LogP contribution in [0.25, 0.3) is 0 Å². The average molecular weight is 262 g/mol. The lowest BCUT2D eigenvalue weighted by molar-refractivity contribution is -0.122. The van der Waals surface area contributed by atoms with E-state index in [1.807, 2.05) is 20.8 Å². The summed E-state index contributed by atoms with van der Waals surface area (Å²) in [6, 6.07) is 6.63. The van der Waals surface area contributed by atoms with Gasteiger partial charge in [-0.1, -0.05) is 30.7 Å². The Balaban J connectivity index is 2.61. The number of aryl methyl sites for hydroxylation is 2. The highest BCUT2D eigenvalue weighted by Crippen LogP contribution is 2.18. The molecule has 2 unspecified atom stereocenters.